The normalized spacial score (nSPS) is 14.7. The zero-order valence-corrected chi connectivity index (χ0v) is 12.0. The van der Waals surface area contributed by atoms with E-state index in [0.29, 0.717) is 6.54 Å². The summed E-state index contributed by atoms with van der Waals surface area (Å²) in [6.07, 6.45) is 1.63. The number of fused-ring (bicyclic) bond motifs is 1. The molecule has 1 atom stereocenters. The van der Waals surface area contributed by atoms with Gasteiger partial charge in [-0.1, -0.05) is 32.0 Å². The third kappa shape index (κ3) is 3.17. The minimum atomic E-state index is -0.647. The lowest BCUT2D eigenvalue weighted by atomic mass is 10.0. The minimum Gasteiger partial charge on any atom is -0.461 e. The van der Waals surface area contributed by atoms with Crippen LogP contribution in [0.2, 0.25) is 0 Å². The Hall–Kier alpha value is -1.32. The summed E-state index contributed by atoms with van der Waals surface area (Å²) in [6.45, 7) is 7.27. The summed E-state index contributed by atoms with van der Waals surface area (Å²) in [4.78, 5) is 0. The van der Waals surface area contributed by atoms with Crippen LogP contribution in [0.25, 0.3) is 11.0 Å². The molecule has 0 saturated heterocycles. The summed E-state index contributed by atoms with van der Waals surface area (Å²) in [5.41, 5.74) is 1.51. The average Bonchev–Trinajstić information content (AvgIpc) is 2.77. The zero-order chi connectivity index (χ0) is 13.9. The molecule has 2 rings (SSSR count). The lowest BCUT2D eigenvalue weighted by molar-refractivity contribution is 0.0555. The highest BCUT2D eigenvalue weighted by molar-refractivity contribution is 5.82. The van der Waals surface area contributed by atoms with Gasteiger partial charge < -0.3 is 14.8 Å². The van der Waals surface area contributed by atoms with Crippen molar-refractivity contribution in [2.75, 3.05) is 6.54 Å². The number of benzene rings is 1. The maximum absolute atomic E-state index is 10.0. The Bertz CT molecular complexity index is 543. The van der Waals surface area contributed by atoms with Crippen molar-refractivity contribution < 1.29 is 9.52 Å². The molecule has 19 heavy (non-hydrogen) atoms. The summed E-state index contributed by atoms with van der Waals surface area (Å²) in [7, 11) is 0. The third-order valence-electron chi connectivity index (χ3n) is 3.67. The predicted octanol–water partition coefficient (Wildman–Crippen LogP) is 3.25. The van der Waals surface area contributed by atoms with Gasteiger partial charge in [-0.3, -0.25) is 0 Å². The summed E-state index contributed by atoms with van der Waals surface area (Å²) in [6, 6.07) is 8.11. The molecular weight excluding hydrogens is 238 g/mol. The molecule has 3 heteroatoms. The van der Waals surface area contributed by atoms with Crippen LogP contribution < -0.4 is 5.32 Å². The van der Waals surface area contributed by atoms with E-state index < -0.39 is 5.60 Å². The SMILES string of the molecule is CCc1oc2ccccc2c1CNCC(C)(O)CC. The average molecular weight is 261 g/mol. The standard InChI is InChI=1S/C16H23NO2/c1-4-14-13(10-17-11-16(3,18)5-2)12-8-6-7-9-15(12)19-14/h6-9,17-18H,4-5,10-11H2,1-3H3. The fourth-order valence-electron chi connectivity index (χ4n) is 2.21. The number of hydrogen-bond donors (Lipinski definition) is 2. The second-order valence-electron chi connectivity index (χ2n) is 5.31. The van der Waals surface area contributed by atoms with Crippen molar-refractivity contribution in [3.05, 3.63) is 35.6 Å². The first-order valence-electron chi connectivity index (χ1n) is 6.99. The quantitative estimate of drug-likeness (QED) is 0.839. The number of aliphatic hydroxyl groups is 1. The molecule has 0 aliphatic rings. The molecule has 1 aromatic carbocycles. The van der Waals surface area contributed by atoms with Gasteiger partial charge in [-0.2, -0.15) is 0 Å². The van der Waals surface area contributed by atoms with Gasteiger partial charge in [0.2, 0.25) is 0 Å². The number of furan rings is 1. The van der Waals surface area contributed by atoms with Gasteiger partial charge in [-0.05, 0) is 19.4 Å². The van der Waals surface area contributed by atoms with Crippen LogP contribution in [0.5, 0.6) is 0 Å². The number of nitrogens with one attached hydrogen (secondary N) is 1. The summed E-state index contributed by atoms with van der Waals surface area (Å²) in [5.74, 6) is 1.03. The van der Waals surface area contributed by atoms with E-state index in [1.807, 2.05) is 32.0 Å². The highest BCUT2D eigenvalue weighted by Gasteiger charge is 2.18. The van der Waals surface area contributed by atoms with Crippen LogP contribution in [-0.2, 0) is 13.0 Å². The Balaban J connectivity index is 2.15. The first kappa shape index (κ1) is 14.1. The molecule has 0 aliphatic carbocycles. The van der Waals surface area contributed by atoms with Crippen LogP contribution >= 0.6 is 0 Å². The van der Waals surface area contributed by atoms with Gasteiger partial charge in [-0.15, -0.1) is 0 Å². The molecule has 1 unspecified atom stereocenters. The van der Waals surface area contributed by atoms with Crippen LogP contribution in [-0.4, -0.2) is 17.3 Å². The highest BCUT2D eigenvalue weighted by Crippen LogP contribution is 2.26. The van der Waals surface area contributed by atoms with E-state index in [9.17, 15) is 5.11 Å². The minimum absolute atomic E-state index is 0.589. The van der Waals surface area contributed by atoms with E-state index in [1.54, 1.807) is 0 Å². The monoisotopic (exact) mass is 261 g/mol. The fourth-order valence-corrected chi connectivity index (χ4v) is 2.21. The molecule has 0 saturated carbocycles. The van der Waals surface area contributed by atoms with Crippen LogP contribution in [0.3, 0.4) is 0 Å². The van der Waals surface area contributed by atoms with E-state index in [0.717, 1.165) is 30.7 Å². The molecule has 0 aliphatic heterocycles. The Morgan fingerprint density at radius 2 is 2.00 bits per heavy atom. The predicted molar refractivity (Wildman–Crippen MR) is 78.2 cm³/mol. The molecule has 0 bridgehead atoms. The van der Waals surface area contributed by atoms with Crippen LogP contribution in [0.1, 0.15) is 38.5 Å². The Kier molecular flexibility index (Phi) is 4.27. The van der Waals surface area contributed by atoms with E-state index in [2.05, 4.69) is 18.3 Å². The maximum atomic E-state index is 10.0. The van der Waals surface area contributed by atoms with E-state index >= 15 is 0 Å². The topological polar surface area (TPSA) is 45.4 Å². The Labute approximate surface area is 114 Å². The van der Waals surface area contributed by atoms with Gasteiger partial charge in [0.05, 0.1) is 5.60 Å². The Morgan fingerprint density at radius 3 is 2.68 bits per heavy atom. The van der Waals surface area contributed by atoms with Gasteiger partial charge in [0.15, 0.2) is 0 Å². The highest BCUT2D eigenvalue weighted by atomic mass is 16.3. The molecule has 0 spiro atoms. The van der Waals surface area contributed by atoms with Crippen LogP contribution in [0.4, 0.5) is 0 Å². The van der Waals surface area contributed by atoms with Crippen molar-refractivity contribution >= 4 is 11.0 Å². The molecule has 0 amide bonds. The third-order valence-corrected chi connectivity index (χ3v) is 3.67. The van der Waals surface area contributed by atoms with Crippen molar-refractivity contribution in [3.63, 3.8) is 0 Å². The van der Waals surface area contributed by atoms with Crippen molar-refractivity contribution in [1.82, 2.24) is 5.32 Å². The van der Waals surface area contributed by atoms with Crippen LogP contribution in [0.15, 0.2) is 28.7 Å². The number of hydrogen-bond acceptors (Lipinski definition) is 3. The summed E-state index contributed by atoms with van der Waals surface area (Å²) < 4.78 is 5.85. The number of para-hydroxylation sites is 1. The van der Waals surface area contributed by atoms with Crippen molar-refractivity contribution in [3.8, 4) is 0 Å². The lowest BCUT2D eigenvalue weighted by Gasteiger charge is -2.21. The van der Waals surface area contributed by atoms with Gasteiger partial charge in [-0.25, -0.2) is 0 Å². The maximum Gasteiger partial charge on any atom is 0.134 e. The number of aryl methyl sites for hydroxylation is 1. The van der Waals surface area contributed by atoms with Gasteiger partial charge >= 0.3 is 0 Å². The lowest BCUT2D eigenvalue weighted by Crippen LogP contribution is -2.36. The molecule has 0 fully saturated rings. The molecule has 0 radical (unpaired) electrons. The van der Waals surface area contributed by atoms with Crippen molar-refractivity contribution in [2.45, 2.75) is 45.8 Å². The molecular formula is C16H23NO2. The van der Waals surface area contributed by atoms with E-state index in [-0.39, 0.29) is 0 Å². The largest absolute Gasteiger partial charge is 0.461 e. The molecule has 104 valence electrons. The smallest absolute Gasteiger partial charge is 0.134 e. The second-order valence-corrected chi connectivity index (χ2v) is 5.31. The van der Waals surface area contributed by atoms with Gasteiger partial charge in [0.25, 0.3) is 0 Å². The van der Waals surface area contributed by atoms with Crippen LogP contribution in [0, 0.1) is 0 Å². The molecule has 1 aromatic heterocycles. The van der Waals surface area contributed by atoms with E-state index in [4.69, 9.17) is 4.42 Å². The van der Waals surface area contributed by atoms with Crippen molar-refractivity contribution in [1.29, 1.82) is 0 Å². The van der Waals surface area contributed by atoms with Crippen molar-refractivity contribution in [2.24, 2.45) is 0 Å². The van der Waals surface area contributed by atoms with E-state index in [1.165, 1.54) is 10.9 Å². The molecule has 1 heterocycles. The zero-order valence-electron chi connectivity index (χ0n) is 12.0. The first-order valence-corrected chi connectivity index (χ1v) is 6.99. The first-order chi connectivity index (χ1) is 9.07. The second kappa shape index (κ2) is 5.76. The molecule has 2 N–H and O–H groups in total. The van der Waals surface area contributed by atoms with Gasteiger partial charge in [0.1, 0.15) is 11.3 Å². The summed E-state index contributed by atoms with van der Waals surface area (Å²) >= 11 is 0. The van der Waals surface area contributed by atoms with Gasteiger partial charge in [0, 0.05) is 30.5 Å². The fraction of sp³-hybridized carbons (Fsp3) is 0.500. The molecule has 2 aromatic rings. The molecule has 3 nitrogen and oxygen atoms in total. The number of rotatable bonds is 6. The summed E-state index contributed by atoms with van der Waals surface area (Å²) in [5, 5.41) is 14.5. The Morgan fingerprint density at radius 1 is 1.26 bits per heavy atom.